The number of thiocyanates is 1. The Balaban J connectivity index is 2.28. The van der Waals surface area contributed by atoms with Crippen molar-refractivity contribution >= 4 is 33.6 Å². The number of nitriles is 1. The number of carbonyl (C=O) groups excluding carboxylic acids is 1. The van der Waals surface area contributed by atoms with Gasteiger partial charge in [-0.15, -0.1) is 0 Å². The predicted molar refractivity (Wildman–Crippen MR) is 56.6 cm³/mol. The maximum Gasteiger partial charge on any atom is 0.233 e. The summed E-state index contributed by atoms with van der Waals surface area (Å²) >= 11 is 4.54. The van der Waals surface area contributed by atoms with E-state index in [4.69, 9.17) is 5.26 Å². The SMILES string of the molecule is N#CSCC(=O)N1CCC(Br)CC1. The Morgan fingerprint density at radius 3 is 2.77 bits per heavy atom. The van der Waals surface area contributed by atoms with Crippen LogP contribution in [0.3, 0.4) is 0 Å². The number of piperidine rings is 1. The molecule has 1 aliphatic heterocycles. The Kier molecular flexibility index (Phi) is 4.60. The number of amides is 1. The quantitative estimate of drug-likeness (QED) is 0.561. The van der Waals surface area contributed by atoms with Crippen LogP contribution in [0.4, 0.5) is 0 Å². The highest BCUT2D eigenvalue weighted by Crippen LogP contribution is 2.17. The molecule has 13 heavy (non-hydrogen) atoms. The minimum atomic E-state index is 0.0888. The first-order valence-electron chi connectivity index (χ1n) is 4.16. The van der Waals surface area contributed by atoms with Gasteiger partial charge in [-0.1, -0.05) is 15.9 Å². The first kappa shape index (κ1) is 10.9. The molecule has 72 valence electrons. The number of thioether (sulfide) groups is 1. The van der Waals surface area contributed by atoms with Crippen LogP contribution in [0.2, 0.25) is 0 Å². The first-order valence-corrected chi connectivity index (χ1v) is 6.07. The summed E-state index contributed by atoms with van der Waals surface area (Å²) in [5.41, 5.74) is 0. The summed E-state index contributed by atoms with van der Waals surface area (Å²) in [6.45, 7) is 1.64. The van der Waals surface area contributed by atoms with Crippen molar-refractivity contribution in [1.29, 1.82) is 5.26 Å². The van der Waals surface area contributed by atoms with Gasteiger partial charge in [-0.25, -0.2) is 0 Å². The van der Waals surface area contributed by atoms with E-state index in [0.717, 1.165) is 37.7 Å². The van der Waals surface area contributed by atoms with Crippen LogP contribution >= 0.6 is 27.7 Å². The van der Waals surface area contributed by atoms with E-state index in [9.17, 15) is 4.79 Å². The lowest BCUT2D eigenvalue weighted by molar-refractivity contribution is -0.129. The lowest BCUT2D eigenvalue weighted by Gasteiger charge is -2.29. The topological polar surface area (TPSA) is 44.1 Å². The lowest BCUT2D eigenvalue weighted by atomic mass is 10.1. The number of hydrogen-bond donors (Lipinski definition) is 0. The van der Waals surface area contributed by atoms with E-state index in [1.807, 2.05) is 10.3 Å². The van der Waals surface area contributed by atoms with E-state index in [1.165, 1.54) is 0 Å². The highest BCUT2D eigenvalue weighted by molar-refractivity contribution is 9.09. The average Bonchev–Trinajstić information content (AvgIpc) is 2.15. The summed E-state index contributed by atoms with van der Waals surface area (Å²) in [6, 6.07) is 0. The number of rotatable bonds is 2. The molecule has 0 saturated carbocycles. The first-order chi connectivity index (χ1) is 6.24. The van der Waals surface area contributed by atoms with Crippen molar-refractivity contribution in [2.24, 2.45) is 0 Å². The third-order valence-corrected chi connectivity index (χ3v) is 3.47. The van der Waals surface area contributed by atoms with Crippen LogP contribution in [0.25, 0.3) is 0 Å². The molecule has 1 aliphatic rings. The van der Waals surface area contributed by atoms with Gasteiger partial charge in [0.05, 0.1) is 5.75 Å². The maximum absolute atomic E-state index is 11.4. The van der Waals surface area contributed by atoms with Gasteiger partial charge in [0.2, 0.25) is 5.91 Å². The molecule has 1 fully saturated rings. The Bertz CT molecular complexity index is 221. The van der Waals surface area contributed by atoms with Gasteiger partial charge in [0.1, 0.15) is 5.40 Å². The molecule has 0 N–H and O–H groups in total. The second-order valence-corrected chi connectivity index (χ2v) is 4.99. The largest absolute Gasteiger partial charge is 0.342 e. The van der Waals surface area contributed by atoms with E-state index in [1.54, 1.807) is 0 Å². The number of halogens is 1. The summed E-state index contributed by atoms with van der Waals surface area (Å²) in [5.74, 6) is 0.384. The number of alkyl halides is 1. The summed E-state index contributed by atoms with van der Waals surface area (Å²) in [7, 11) is 0. The third-order valence-electron chi connectivity index (χ3n) is 2.04. The molecular weight excluding hydrogens is 252 g/mol. The predicted octanol–water partition coefficient (Wildman–Crippen LogP) is 1.59. The molecule has 3 nitrogen and oxygen atoms in total. The second kappa shape index (κ2) is 5.51. The number of likely N-dealkylation sites (tertiary alicyclic amines) is 1. The van der Waals surface area contributed by atoms with Gasteiger partial charge in [0, 0.05) is 17.9 Å². The number of nitrogens with zero attached hydrogens (tertiary/aromatic N) is 2. The lowest BCUT2D eigenvalue weighted by Crippen LogP contribution is -2.39. The molecule has 1 rings (SSSR count). The molecule has 0 atom stereocenters. The fourth-order valence-electron chi connectivity index (χ4n) is 1.28. The fourth-order valence-corrected chi connectivity index (χ4v) is 2.06. The van der Waals surface area contributed by atoms with E-state index >= 15 is 0 Å². The minimum Gasteiger partial charge on any atom is -0.342 e. The fraction of sp³-hybridized carbons (Fsp3) is 0.750. The molecule has 0 bridgehead atoms. The summed E-state index contributed by atoms with van der Waals surface area (Å²) < 4.78 is 0. The van der Waals surface area contributed by atoms with Gasteiger partial charge in [0.15, 0.2) is 0 Å². The molecule has 1 heterocycles. The van der Waals surface area contributed by atoms with Crippen LogP contribution in [-0.4, -0.2) is 34.5 Å². The molecule has 0 aliphatic carbocycles. The minimum absolute atomic E-state index is 0.0888. The molecule has 0 unspecified atom stereocenters. The average molecular weight is 263 g/mol. The highest BCUT2D eigenvalue weighted by Gasteiger charge is 2.20. The Morgan fingerprint density at radius 2 is 2.23 bits per heavy atom. The van der Waals surface area contributed by atoms with E-state index < -0.39 is 0 Å². The molecule has 0 aromatic carbocycles. The van der Waals surface area contributed by atoms with Crippen LogP contribution in [-0.2, 0) is 4.79 Å². The molecule has 0 aromatic rings. The van der Waals surface area contributed by atoms with E-state index in [2.05, 4.69) is 15.9 Å². The molecule has 0 aromatic heterocycles. The van der Waals surface area contributed by atoms with Crippen LogP contribution < -0.4 is 0 Å². The van der Waals surface area contributed by atoms with Crippen molar-refractivity contribution in [2.45, 2.75) is 17.7 Å². The summed E-state index contributed by atoms with van der Waals surface area (Å²) in [5, 5.41) is 10.2. The Labute approximate surface area is 90.6 Å². The molecule has 1 amide bonds. The molecule has 1 saturated heterocycles. The van der Waals surface area contributed by atoms with Crippen LogP contribution in [0.15, 0.2) is 0 Å². The van der Waals surface area contributed by atoms with E-state index in [-0.39, 0.29) is 5.91 Å². The van der Waals surface area contributed by atoms with Crippen LogP contribution in [0.1, 0.15) is 12.8 Å². The standard InChI is InChI=1S/C8H11BrN2OS/c9-7-1-3-11(4-2-7)8(12)5-13-6-10/h7H,1-5H2. The monoisotopic (exact) mass is 262 g/mol. The summed E-state index contributed by atoms with van der Waals surface area (Å²) in [4.78, 5) is 13.8. The zero-order chi connectivity index (χ0) is 9.68. The molecule has 5 heteroatoms. The van der Waals surface area contributed by atoms with Crippen LogP contribution in [0, 0.1) is 10.7 Å². The Morgan fingerprint density at radius 1 is 1.62 bits per heavy atom. The van der Waals surface area contributed by atoms with Crippen molar-refractivity contribution in [3.05, 3.63) is 0 Å². The Hall–Kier alpha value is -0.210. The van der Waals surface area contributed by atoms with Crippen molar-refractivity contribution in [2.75, 3.05) is 18.8 Å². The van der Waals surface area contributed by atoms with Gasteiger partial charge in [-0.3, -0.25) is 4.79 Å². The van der Waals surface area contributed by atoms with Crippen molar-refractivity contribution < 1.29 is 4.79 Å². The zero-order valence-corrected chi connectivity index (χ0v) is 9.60. The molecular formula is C8H11BrN2OS. The van der Waals surface area contributed by atoms with Gasteiger partial charge < -0.3 is 4.90 Å². The van der Waals surface area contributed by atoms with Crippen LogP contribution in [0.5, 0.6) is 0 Å². The van der Waals surface area contributed by atoms with Gasteiger partial charge in [0.25, 0.3) is 0 Å². The number of hydrogen-bond acceptors (Lipinski definition) is 3. The summed E-state index contributed by atoms with van der Waals surface area (Å²) in [6.07, 6.45) is 2.03. The number of carbonyl (C=O) groups is 1. The third kappa shape index (κ3) is 3.57. The normalized spacial score (nSPS) is 18.3. The van der Waals surface area contributed by atoms with Gasteiger partial charge in [-0.05, 0) is 24.6 Å². The smallest absolute Gasteiger partial charge is 0.233 e. The molecule has 0 spiro atoms. The van der Waals surface area contributed by atoms with Crippen molar-refractivity contribution in [3.8, 4) is 5.40 Å². The molecule has 0 radical (unpaired) electrons. The van der Waals surface area contributed by atoms with Crippen molar-refractivity contribution in [1.82, 2.24) is 4.90 Å². The maximum atomic E-state index is 11.4. The van der Waals surface area contributed by atoms with Crippen molar-refractivity contribution in [3.63, 3.8) is 0 Å². The zero-order valence-electron chi connectivity index (χ0n) is 7.20. The van der Waals surface area contributed by atoms with Gasteiger partial charge >= 0.3 is 0 Å². The highest BCUT2D eigenvalue weighted by atomic mass is 79.9. The van der Waals surface area contributed by atoms with E-state index in [0.29, 0.717) is 10.6 Å². The van der Waals surface area contributed by atoms with Gasteiger partial charge in [-0.2, -0.15) is 5.26 Å². The second-order valence-electron chi connectivity index (χ2n) is 2.94.